The molecule has 14 heteroatoms. The molecule has 2 N–H and O–H groups in total. The lowest BCUT2D eigenvalue weighted by molar-refractivity contribution is -0.149. The number of para-hydroxylation sites is 1. The molecule has 0 saturated carbocycles. The van der Waals surface area contributed by atoms with Crippen molar-refractivity contribution in [2.45, 2.75) is 67.4 Å². The quantitative estimate of drug-likeness (QED) is 0.0913. The fourth-order valence-electron chi connectivity index (χ4n) is 7.72. The molecule has 51 heavy (non-hydrogen) atoms. The van der Waals surface area contributed by atoms with E-state index >= 15 is 0 Å². The van der Waals surface area contributed by atoms with Crippen molar-refractivity contribution in [3.8, 4) is 0 Å². The summed E-state index contributed by atoms with van der Waals surface area (Å²) in [5.41, 5.74) is 0.858. The van der Waals surface area contributed by atoms with Crippen molar-refractivity contribution >= 4 is 50.7 Å². The summed E-state index contributed by atoms with van der Waals surface area (Å²) >= 11 is 3.74. The molecule has 2 bridgehead atoms. The standard InChI is InChI=1S/C37H43BrN6O7/c1-3-5-17-29(46)50-22-27(24-13-7-6-8-14-24)39-34(47)30-31-35(48)43(19-11-12-20-45)33(37(31)21-25(38)32(30)51-37)36(49)42(18-4-2)23-44-28-16-10-9-15-26(28)40-41-44/h3-4,6-10,13-16,25,27,30-33,45H,1-2,5,11-12,17-23H2,(H,39,47)/t25?,27-,30+,31-,32+,33+,37-/m1/s1. The number of fused-ring (bicyclic) bond motifs is 2. The molecule has 3 aliphatic heterocycles. The van der Waals surface area contributed by atoms with E-state index in [9.17, 15) is 24.3 Å². The lowest BCUT2D eigenvalue weighted by Crippen LogP contribution is -2.57. The Bertz CT molecular complexity index is 1770. The number of amides is 3. The van der Waals surface area contributed by atoms with Crippen LogP contribution in [0.2, 0.25) is 0 Å². The van der Waals surface area contributed by atoms with Crippen molar-refractivity contribution in [3.05, 3.63) is 85.5 Å². The first-order chi connectivity index (χ1) is 24.7. The summed E-state index contributed by atoms with van der Waals surface area (Å²) < 4.78 is 13.9. The zero-order chi connectivity index (χ0) is 36.1. The Balaban J connectivity index is 1.31. The zero-order valence-electron chi connectivity index (χ0n) is 28.3. The smallest absolute Gasteiger partial charge is 0.306 e. The largest absolute Gasteiger partial charge is 0.463 e. The van der Waals surface area contributed by atoms with E-state index in [1.54, 1.807) is 21.7 Å². The van der Waals surface area contributed by atoms with Gasteiger partial charge in [0.15, 0.2) is 0 Å². The SMILES string of the molecule is C=CCCC(=O)OC[C@@H](NC(=O)[C@@H]1[C@H]2O[C@@]3(CC2Br)[C@H](C(=O)N(CC=C)Cn2nnc4ccccc42)N(CCCCO)C(=O)[C@@H]13)c1ccccc1. The van der Waals surface area contributed by atoms with Crippen molar-refractivity contribution in [2.24, 2.45) is 11.8 Å². The number of alkyl halides is 1. The molecular weight excluding hydrogens is 720 g/mol. The summed E-state index contributed by atoms with van der Waals surface area (Å²) in [6, 6.07) is 14.9. The van der Waals surface area contributed by atoms with Gasteiger partial charge in [-0.3, -0.25) is 19.2 Å². The van der Waals surface area contributed by atoms with Crippen molar-refractivity contribution < 1.29 is 33.8 Å². The number of carbonyl (C=O) groups excluding carboxylic acids is 4. The third-order valence-electron chi connectivity index (χ3n) is 10.0. The summed E-state index contributed by atoms with van der Waals surface area (Å²) in [6.07, 6.45) is 4.42. The van der Waals surface area contributed by atoms with Crippen LogP contribution in [-0.4, -0.2) is 102 Å². The lowest BCUT2D eigenvalue weighted by Gasteiger charge is -2.37. The highest BCUT2D eigenvalue weighted by atomic mass is 79.9. The Kier molecular flexibility index (Phi) is 11.3. The van der Waals surface area contributed by atoms with Gasteiger partial charge in [0, 0.05) is 30.9 Å². The van der Waals surface area contributed by atoms with Crippen molar-refractivity contribution in [1.29, 1.82) is 0 Å². The number of carbonyl (C=O) groups is 4. The van der Waals surface area contributed by atoms with Gasteiger partial charge in [-0.05, 0) is 43.4 Å². The molecule has 3 amide bonds. The molecular formula is C37H43BrN6O7. The second kappa shape index (κ2) is 15.9. The predicted octanol–water partition coefficient (Wildman–Crippen LogP) is 3.29. The van der Waals surface area contributed by atoms with Gasteiger partial charge in [0.05, 0.1) is 29.5 Å². The first-order valence-electron chi connectivity index (χ1n) is 17.3. The number of aromatic nitrogens is 3. The number of ether oxygens (including phenoxy) is 2. The number of benzene rings is 2. The third kappa shape index (κ3) is 7.09. The molecule has 0 radical (unpaired) electrons. The maximum Gasteiger partial charge on any atom is 0.306 e. The van der Waals surface area contributed by atoms with Crippen LogP contribution in [0.5, 0.6) is 0 Å². The van der Waals surface area contributed by atoms with Gasteiger partial charge in [0.2, 0.25) is 17.7 Å². The highest BCUT2D eigenvalue weighted by molar-refractivity contribution is 9.09. The van der Waals surface area contributed by atoms with Crippen LogP contribution in [0.3, 0.4) is 0 Å². The van der Waals surface area contributed by atoms with E-state index in [1.165, 1.54) is 4.90 Å². The number of esters is 1. The second-order valence-electron chi connectivity index (χ2n) is 13.2. The number of aliphatic hydroxyl groups excluding tert-OH is 1. The number of aliphatic hydroxyl groups is 1. The molecule has 1 unspecified atom stereocenters. The highest BCUT2D eigenvalue weighted by Crippen LogP contribution is 2.60. The summed E-state index contributed by atoms with van der Waals surface area (Å²) in [6.45, 7) is 7.77. The van der Waals surface area contributed by atoms with E-state index in [4.69, 9.17) is 9.47 Å². The van der Waals surface area contributed by atoms with Gasteiger partial charge in [0.1, 0.15) is 30.4 Å². The second-order valence-corrected chi connectivity index (χ2v) is 14.4. The summed E-state index contributed by atoms with van der Waals surface area (Å²) in [5.74, 6) is -3.41. The van der Waals surface area contributed by atoms with Crippen molar-refractivity contribution in [3.63, 3.8) is 0 Å². The molecule has 4 heterocycles. The number of unbranched alkanes of at least 4 members (excludes halogenated alkanes) is 1. The first kappa shape index (κ1) is 36.4. The lowest BCUT2D eigenvalue weighted by atomic mass is 9.70. The minimum Gasteiger partial charge on any atom is -0.463 e. The van der Waals surface area contributed by atoms with E-state index in [0.29, 0.717) is 31.2 Å². The number of rotatable bonds is 17. The van der Waals surface area contributed by atoms with Gasteiger partial charge in [-0.2, -0.15) is 0 Å². The van der Waals surface area contributed by atoms with Crippen LogP contribution in [0, 0.1) is 11.8 Å². The average Bonchev–Trinajstić information content (AvgIpc) is 3.86. The van der Waals surface area contributed by atoms with Crippen LogP contribution in [0.4, 0.5) is 0 Å². The average molecular weight is 764 g/mol. The van der Waals surface area contributed by atoms with E-state index in [0.717, 1.165) is 11.1 Å². The number of halogens is 1. The van der Waals surface area contributed by atoms with Crippen LogP contribution in [0.25, 0.3) is 11.0 Å². The predicted molar refractivity (Wildman–Crippen MR) is 191 cm³/mol. The molecule has 3 aromatic rings. The van der Waals surface area contributed by atoms with E-state index in [-0.39, 0.29) is 56.0 Å². The minimum absolute atomic E-state index is 0.0522. The van der Waals surface area contributed by atoms with Gasteiger partial charge in [-0.1, -0.05) is 75.8 Å². The van der Waals surface area contributed by atoms with Gasteiger partial charge in [-0.15, -0.1) is 18.3 Å². The fraction of sp³-hybridized carbons (Fsp3) is 0.459. The van der Waals surface area contributed by atoms with Crippen LogP contribution >= 0.6 is 15.9 Å². The van der Waals surface area contributed by atoms with Crippen LogP contribution < -0.4 is 5.32 Å². The molecule has 13 nitrogen and oxygen atoms in total. The number of hydrogen-bond acceptors (Lipinski definition) is 9. The highest BCUT2D eigenvalue weighted by Gasteiger charge is 2.76. The summed E-state index contributed by atoms with van der Waals surface area (Å²) in [7, 11) is 0. The van der Waals surface area contributed by atoms with Crippen LogP contribution in [-0.2, 0) is 35.3 Å². The Morgan fingerprint density at radius 1 is 1.14 bits per heavy atom. The monoisotopic (exact) mass is 762 g/mol. The molecule has 3 aliphatic rings. The molecule has 2 aromatic carbocycles. The summed E-state index contributed by atoms with van der Waals surface area (Å²) in [5, 5.41) is 21.1. The number of nitrogens with zero attached hydrogens (tertiary/aromatic N) is 5. The summed E-state index contributed by atoms with van der Waals surface area (Å²) in [4.78, 5) is 58.9. The van der Waals surface area contributed by atoms with E-state index in [2.05, 4.69) is 44.7 Å². The number of allylic oxidation sites excluding steroid dienone is 1. The van der Waals surface area contributed by atoms with Crippen LogP contribution in [0.1, 0.15) is 43.7 Å². The maximum absolute atomic E-state index is 14.8. The van der Waals surface area contributed by atoms with Crippen LogP contribution in [0.15, 0.2) is 79.9 Å². The molecule has 1 aromatic heterocycles. The molecule has 7 atom stereocenters. The molecule has 3 fully saturated rings. The first-order valence-corrected chi connectivity index (χ1v) is 18.2. The topological polar surface area (TPSA) is 156 Å². The Morgan fingerprint density at radius 2 is 1.90 bits per heavy atom. The number of likely N-dealkylation sites (tertiary alicyclic amines) is 1. The van der Waals surface area contributed by atoms with Gasteiger partial charge >= 0.3 is 5.97 Å². The van der Waals surface area contributed by atoms with Gasteiger partial charge in [-0.25, -0.2) is 4.68 Å². The Hall–Kier alpha value is -4.40. The number of hydrogen-bond donors (Lipinski definition) is 2. The van der Waals surface area contributed by atoms with Crippen molar-refractivity contribution in [2.75, 3.05) is 26.3 Å². The molecule has 6 rings (SSSR count). The maximum atomic E-state index is 14.8. The Morgan fingerprint density at radius 3 is 2.65 bits per heavy atom. The minimum atomic E-state index is -1.29. The third-order valence-corrected chi connectivity index (χ3v) is 10.8. The normalized spacial score (nSPS) is 25.4. The zero-order valence-corrected chi connectivity index (χ0v) is 29.9. The molecule has 0 aliphatic carbocycles. The molecule has 270 valence electrons. The van der Waals surface area contributed by atoms with Crippen molar-refractivity contribution in [1.82, 2.24) is 30.1 Å². The molecule has 1 spiro atoms. The van der Waals surface area contributed by atoms with E-state index < -0.39 is 47.5 Å². The van der Waals surface area contributed by atoms with E-state index in [1.807, 2.05) is 54.6 Å². The van der Waals surface area contributed by atoms with Gasteiger partial charge in [0.25, 0.3) is 0 Å². The number of nitrogens with one attached hydrogen (secondary N) is 1. The molecule has 3 saturated heterocycles. The van der Waals surface area contributed by atoms with Gasteiger partial charge < -0.3 is 29.7 Å². The Labute approximate surface area is 304 Å². The fourth-order valence-corrected chi connectivity index (χ4v) is 8.66.